The summed E-state index contributed by atoms with van der Waals surface area (Å²) < 4.78 is 13.0. The van der Waals surface area contributed by atoms with Gasteiger partial charge in [-0.1, -0.05) is 4.52 Å². The fourth-order valence-corrected chi connectivity index (χ4v) is 0.148. The Morgan fingerprint density at radius 3 is 2.14 bits per heavy atom. The van der Waals surface area contributed by atoms with E-state index in [1.54, 1.807) is 0 Å². The first-order valence-electron chi connectivity index (χ1n) is 1.17. The second-order valence-electron chi connectivity index (χ2n) is 0.496. The normalized spacial score (nSPS) is 9.71. The Hall–Kier alpha value is 0.270. The fourth-order valence-electron chi connectivity index (χ4n) is 0.0494. The molecule has 7 heavy (non-hydrogen) atoms. The van der Waals surface area contributed by atoms with Gasteiger partial charge in [-0.3, -0.25) is 0 Å². The minimum absolute atomic E-state index is 0. The molecule has 0 radical (unpaired) electrons. The predicted octanol–water partition coefficient (Wildman–Crippen LogP) is 0.0243. The molecule has 44 valence electrons. The lowest BCUT2D eigenvalue weighted by Crippen LogP contribution is -1.78. The van der Waals surface area contributed by atoms with Crippen molar-refractivity contribution in [2.24, 2.45) is 0 Å². The summed E-state index contributed by atoms with van der Waals surface area (Å²) in [4.78, 5) is 7.68. The van der Waals surface area contributed by atoms with Gasteiger partial charge in [-0.15, -0.1) is 17.3 Å². The van der Waals surface area contributed by atoms with Crippen LogP contribution in [-0.2, 0) is 9.09 Å². The van der Waals surface area contributed by atoms with E-state index in [2.05, 4.69) is 4.52 Å². The third kappa shape index (κ3) is 10.7. The summed E-state index contributed by atoms with van der Waals surface area (Å²) in [5, 5.41) is 7.67. The Bertz CT molecular complexity index is 55.7. The van der Waals surface area contributed by atoms with Gasteiger partial charge in [-0.2, -0.15) is 0 Å². The van der Waals surface area contributed by atoms with Crippen molar-refractivity contribution in [2.75, 3.05) is 6.79 Å². The molecule has 2 N–H and O–H groups in total. The molecule has 1 atom stereocenters. The van der Waals surface area contributed by atoms with E-state index in [-0.39, 0.29) is 12.4 Å². The maximum absolute atomic E-state index is 9.37. The summed E-state index contributed by atoms with van der Waals surface area (Å²) >= 11 is 0. The van der Waals surface area contributed by atoms with Crippen LogP contribution in [-0.4, -0.2) is 16.8 Å². The van der Waals surface area contributed by atoms with Gasteiger partial charge < -0.3 is 5.11 Å². The molecule has 0 aliphatic carbocycles. The van der Waals surface area contributed by atoms with Crippen LogP contribution in [0.4, 0.5) is 0 Å². The molecule has 0 amide bonds. The lowest BCUT2D eigenvalue weighted by molar-refractivity contribution is 0.0946. The summed E-state index contributed by atoms with van der Waals surface area (Å²) in [6.45, 7) is -0.703. The summed E-state index contributed by atoms with van der Waals surface area (Å²) in [6.07, 6.45) is 0. The first-order valence-corrected chi connectivity index (χ1v) is 2.30. The maximum atomic E-state index is 9.37. The number of hydrogen-bond donors (Lipinski definition) is 2. The summed E-state index contributed by atoms with van der Waals surface area (Å²) in [6, 6.07) is 0. The number of halogens is 1. The van der Waals surface area contributed by atoms with Gasteiger partial charge in [-0.05, 0) is 0 Å². The molecular formula is CH5ClO4P+. The molecular weight excluding hydrogens is 142 g/mol. The minimum atomic E-state index is -2.60. The van der Waals surface area contributed by atoms with Crippen LogP contribution in [0.5, 0.6) is 0 Å². The molecule has 0 spiro atoms. The largest absolute Gasteiger partial charge is 0.697 e. The molecule has 0 aromatic rings. The molecule has 6 heteroatoms. The lowest BCUT2D eigenvalue weighted by atomic mass is 11.6. The monoisotopic (exact) mass is 147 g/mol. The molecule has 0 fully saturated rings. The molecule has 0 rings (SSSR count). The van der Waals surface area contributed by atoms with Gasteiger partial charge in [0.05, 0.1) is 0 Å². The quantitative estimate of drug-likeness (QED) is 0.427. The van der Waals surface area contributed by atoms with E-state index >= 15 is 0 Å². The van der Waals surface area contributed by atoms with Gasteiger partial charge in [0, 0.05) is 4.57 Å². The number of aliphatic hydroxyl groups is 1. The highest BCUT2D eigenvalue weighted by molar-refractivity contribution is 7.32. The van der Waals surface area contributed by atoms with Gasteiger partial charge in [0.2, 0.25) is 6.79 Å². The standard InChI is InChI=1S/CH3O4P.ClH/c2-1-5-6(3)4;/h2H,1H2;1H/p+1. The van der Waals surface area contributed by atoms with Gasteiger partial charge in [0.15, 0.2) is 0 Å². The third-order valence-corrected chi connectivity index (χ3v) is 0.505. The molecule has 0 aromatic carbocycles. The highest BCUT2D eigenvalue weighted by atomic mass is 35.5. The molecule has 4 nitrogen and oxygen atoms in total. The Balaban J connectivity index is 0. The van der Waals surface area contributed by atoms with Crippen LogP contribution in [0.25, 0.3) is 0 Å². The van der Waals surface area contributed by atoms with Crippen LogP contribution in [0, 0.1) is 0 Å². The highest BCUT2D eigenvalue weighted by Gasteiger charge is 2.07. The van der Waals surface area contributed by atoms with Crippen LogP contribution in [0.3, 0.4) is 0 Å². The molecule has 0 aliphatic rings. The SMILES string of the molecule is Cl.O=[P+](O)OCO. The van der Waals surface area contributed by atoms with Crippen molar-refractivity contribution in [1.29, 1.82) is 0 Å². The Morgan fingerprint density at radius 1 is 1.71 bits per heavy atom. The lowest BCUT2D eigenvalue weighted by Gasteiger charge is -1.68. The van der Waals surface area contributed by atoms with Crippen molar-refractivity contribution in [3.8, 4) is 0 Å². The summed E-state index contributed by atoms with van der Waals surface area (Å²) in [5.74, 6) is 0. The number of hydrogen-bond acceptors (Lipinski definition) is 3. The molecule has 0 bridgehead atoms. The second kappa shape index (κ2) is 6.27. The van der Waals surface area contributed by atoms with E-state index in [1.807, 2.05) is 0 Å². The molecule has 0 aromatic heterocycles. The van der Waals surface area contributed by atoms with Crippen LogP contribution in [0.2, 0.25) is 0 Å². The van der Waals surface area contributed by atoms with Crippen LogP contribution in [0.1, 0.15) is 0 Å². The van der Waals surface area contributed by atoms with E-state index in [4.69, 9.17) is 10.00 Å². The first kappa shape index (κ1) is 10.3. The van der Waals surface area contributed by atoms with Crippen molar-refractivity contribution < 1.29 is 19.1 Å². The first-order chi connectivity index (χ1) is 2.77. The van der Waals surface area contributed by atoms with Gasteiger partial charge in [0.25, 0.3) is 0 Å². The zero-order valence-corrected chi connectivity index (χ0v) is 4.98. The topological polar surface area (TPSA) is 66.8 Å². The fraction of sp³-hybridized carbons (Fsp3) is 1.00. The maximum Gasteiger partial charge on any atom is 0.697 e. The van der Waals surface area contributed by atoms with Crippen molar-refractivity contribution >= 4 is 20.7 Å². The Morgan fingerprint density at radius 2 is 2.14 bits per heavy atom. The van der Waals surface area contributed by atoms with Crippen molar-refractivity contribution in [3.05, 3.63) is 0 Å². The van der Waals surface area contributed by atoms with E-state index in [9.17, 15) is 4.57 Å². The van der Waals surface area contributed by atoms with Crippen molar-refractivity contribution in [1.82, 2.24) is 0 Å². The number of rotatable bonds is 2. The zero-order chi connectivity index (χ0) is 4.99. The van der Waals surface area contributed by atoms with E-state index < -0.39 is 15.0 Å². The van der Waals surface area contributed by atoms with Crippen LogP contribution in [0.15, 0.2) is 0 Å². The highest BCUT2D eigenvalue weighted by Crippen LogP contribution is 2.11. The van der Waals surface area contributed by atoms with Crippen molar-refractivity contribution in [3.63, 3.8) is 0 Å². The zero-order valence-electron chi connectivity index (χ0n) is 3.27. The predicted molar refractivity (Wildman–Crippen MR) is 25.2 cm³/mol. The van der Waals surface area contributed by atoms with E-state index in [0.29, 0.717) is 0 Å². The molecule has 1 unspecified atom stereocenters. The average molecular weight is 147 g/mol. The Kier molecular flexibility index (Phi) is 9.22. The van der Waals surface area contributed by atoms with Crippen LogP contribution < -0.4 is 0 Å². The molecule has 0 aliphatic heterocycles. The average Bonchev–Trinajstić information content (AvgIpc) is 1.35. The Labute approximate surface area is 47.5 Å². The molecule has 0 saturated carbocycles. The summed E-state index contributed by atoms with van der Waals surface area (Å²) in [5.41, 5.74) is 0. The molecule has 0 heterocycles. The van der Waals surface area contributed by atoms with E-state index in [1.165, 1.54) is 0 Å². The third-order valence-electron chi connectivity index (χ3n) is 0.168. The smallest absolute Gasteiger partial charge is 0.367 e. The van der Waals surface area contributed by atoms with E-state index in [0.717, 1.165) is 0 Å². The van der Waals surface area contributed by atoms with Crippen molar-refractivity contribution in [2.45, 2.75) is 0 Å². The minimum Gasteiger partial charge on any atom is -0.367 e. The second-order valence-corrected chi connectivity index (χ2v) is 1.23. The summed E-state index contributed by atoms with van der Waals surface area (Å²) in [7, 11) is -2.60. The van der Waals surface area contributed by atoms with Gasteiger partial charge >= 0.3 is 8.25 Å². The van der Waals surface area contributed by atoms with Gasteiger partial charge in [-0.25, -0.2) is 0 Å². The van der Waals surface area contributed by atoms with Gasteiger partial charge in [0.1, 0.15) is 0 Å². The number of aliphatic hydroxyl groups excluding tert-OH is 1. The molecule has 0 saturated heterocycles. The van der Waals surface area contributed by atoms with Crippen LogP contribution >= 0.6 is 20.7 Å².